The lowest BCUT2D eigenvalue weighted by atomic mass is 9.86. The smallest absolute Gasteiger partial charge is 0.269 e. The number of rotatable bonds is 6. The highest BCUT2D eigenvalue weighted by Gasteiger charge is 2.40. The molecule has 0 aliphatic heterocycles. The molecule has 4 rings (SSSR count). The van der Waals surface area contributed by atoms with Crippen LogP contribution >= 0.6 is 11.8 Å². The molecule has 1 heterocycles. The molecule has 2 saturated carbocycles. The molecule has 2 N–H and O–H groups in total. The van der Waals surface area contributed by atoms with E-state index in [1.54, 1.807) is 30.2 Å². The van der Waals surface area contributed by atoms with Crippen LogP contribution in [0.4, 0.5) is 0 Å². The average Bonchev–Trinajstić information content (AvgIpc) is 3.42. The van der Waals surface area contributed by atoms with E-state index in [1.165, 1.54) is 25.7 Å². The number of aromatic nitrogens is 3. The van der Waals surface area contributed by atoms with Crippen molar-refractivity contribution in [2.24, 2.45) is 24.8 Å². The second-order valence-electron chi connectivity index (χ2n) is 7.85. The van der Waals surface area contributed by atoms with E-state index in [0.717, 1.165) is 22.4 Å². The zero-order valence-corrected chi connectivity index (χ0v) is 16.7. The summed E-state index contributed by atoms with van der Waals surface area (Å²) in [7, 11) is 1.90. The number of aryl methyl sites for hydroxylation is 1. The first-order valence-corrected chi connectivity index (χ1v) is 10.7. The second kappa shape index (κ2) is 8.34. The highest BCUT2D eigenvalue weighted by molar-refractivity contribution is 7.98. The van der Waals surface area contributed by atoms with Crippen molar-refractivity contribution in [2.75, 3.05) is 0 Å². The van der Waals surface area contributed by atoms with Gasteiger partial charge in [0.25, 0.3) is 5.91 Å². The van der Waals surface area contributed by atoms with E-state index in [9.17, 15) is 9.59 Å². The first kappa shape index (κ1) is 19.0. The molecule has 2 aliphatic rings. The largest absolute Gasteiger partial charge is 0.312 e. The first-order chi connectivity index (χ1) is 13.6. The Balaban J connectivity index is 1.22. The van der Waals surface area contributed by atoms with Crippen LogP contribution in [0.25, 0.3) is 0 Å². The fourth-order valence-corrected chi connectivity index (χ4v) is 5.26. The standard InChI is InChI=1S/C20H25N5O2S/c1-25-12-21-24-20(25)28-11-13-2-5-15(6-3-13)19(27)23-22-18(26)10-17-9-14-4-7-16(17)8-14/h2-3,5-6,12,14,16-17H,4,7-11H2,1H3,(H,22,26)(H,23,27). The minimum absolute atomic E-state index is 0.0948. The number of carbonyl (C=O) groups excluding carboxylic acids is 2. The number of thioether (sulfide) groups is 1. The van der Waals surface area contributed by atoms with Gasteiger partial charge < -0.3 is 4.57 Å². The summed E-state index contributed by atoms with van der Waals surface area (Å²) < 4.78 is 1.87. The van der Waals surface area contributed by atoms with E-state index in [0.29, 0.717) is 23.8 Å². The second-order valence-corrected chi connectivity index (χ2v) is 8.79. The third-order valence-corrected chi connectivity index (χ3v) is 7.01. The Morgan fingerprint density at radius 3 is 2.64 bits per heavy atom. The summed E-state index contributed by atoms with van der Waals surface area (Å²) in [6.45, 7) is 0. The van der Waals surface area contributed by atoms with E-state index < -0.39 is 0 Å². The summed E-state index contributed by atoms with van der Waals surface area (Å²) in [4.78, 5) is 24.4. The van der Waals surface area contributed by atoms with Gasteiger partial charge in [0.1, 0.15) is 6.33 Å². The molecule has 2 fully saturated rings. The van der Waals surface area contributed by atoms with E-state index in [1.807, 2.05) is 23.7 Å². The van der Waals surface area contributed by atoms with Gasteiger partial charge in [0.2, 0.25) is 5.91 Å². The van der Waals surface area contributed by atoms with Gasteiger partial charge in [-0.25, -0.2) is 0 Å². The van der Waals surface area contributed by atoms with Crippen LogP contribution in [-0.2, 0) is 17.6 Å². The third kappa shape index (κ3) is 4.38. The van der Waals surface area contributed by atoms with Crippen molar-refractivity contribution in [1.29, 1.82) is 0 Å². The van der Waals surface area contributed by atoms with Gasteiger partial charge >= 0.3 is 0 Å². The fraction of sp³-hybridized carbons (Fsp3) is 0.500. The van der Waals surface area contributed by atoms with Gasteiger partial charge in [-0.05, 0) is 54.7 Å². The molecule has 28 heavy (non-hydrogen) atoms. The van der Waals surface area contributed by atoms with Crippen LogP contribution in [0.1, 0.15) is 48.0 Å². The Kier molecular flexibility index (Phi) is 5.66. The molecule has 2 aromatic rings. The van der Waals surface area contributed by atoms with Crippen molar-refractivity contribution in [3.8, 4) is 0 Å². The topological polar surface area (TPSA) is 88.9 Å². The van der Waals surface area contributed by atoms with Crippen LogP contribution in [0, 0.1) is 17.8 Å². The maximum atomic E-state index is 12.3. The molecule has 2 bridgehead atoms. The first-order valence-electron chi connectivity index (χ1n) is 9.73. The minimum atomic E-state index is -0.297. The molecule has 7 nitrogen and oxygen atoms in total. The molecule has 3 unspecified atom stereocenters. The molecule has 1 aromatic heterocycles. The van der Waals surface area contributed by atoms with E-state index in [2.05, 4.69) is 21.0 Å². The number of hydrogen-bond donors (Lipinski definition) is 2. The van der Waals surface area contributed by atoms with Crippen molar-refractivity contribution >= 4 is 23.6 Å². The number of amides is 2. The van der Waals surface area contributed by atoms with Gasteiger partial charge in [-0.15, -0.1) is 10.2 Å². The Morgan fingerprint density at radius 2 is 2.00 bits per heavy atom. The predicted molar refractivity (Wildman–Crippen MR) is 106 cm³/mol. The monoisotopic (exact) mass is 399 g/mol. The van der Waals surface area contributed by atoms with Gasteiger partial charge in [-0.2, -0.15) is 0 Å². The number of benzene rings is 1. The minimum Gasteiger partial charge on any atom is -0.312 e. The molecule has 1 aromatic carbocycles. The number of hydrazine groups is 1. The van der Waals surface area contributed by atoms with Gasteiger partial charge in [0.15, 0.2) is 5.16 Å². The molecular formula is C20H25N5O2S. The van der Waals surface area contributed by atoms with E-state index >= 15 is 0 Å². The Morgan fingerprint density at radius 1 is 1.18 bits per heavy atom. The maximum absolute atomic E-state index is 12.3. The molecule has 0 saturated heterocycles. The van der Waals surface area contributed by atoms with Gasteiger partial charge in [-0.3, -0.25) is 20.4 Å². The summed E-state index contributed by atoms with van der Waals surface area (Å²) in [5.74, 6) is 2.37. The molecule has 148 valence electrons. The highest BCUT2D eigenvalue weighted by Crippen LogP contribution is 2.49. The molecule has 0 spiro atoms. The van der Waals surface area contributed by atoms with Gasteiger partial charge in [0.05, 0.1) is 0 Å². The average molecular weight is 400 g/mol. The van der Waals surface area contributed by atoms with Crippen molar-refractivity contribution < 1.29 is 9.59 Å². The van der Waals surface area contributed by atoms with Crippen molar-refractivity contribution in [2.45, 2.75) is 43.0 Å². The fourth-order valence-electron chi connectivity index (χ4n) is 4.42. The maximum Gasteiger partial charge on any atom is 0.269 e. The molecule has 0 radical (unpaired) electrons. The number of carbonyl (C=O) groups is 2. The molecule has 2 aliphatic carbocycles. The molecular weight excluding hydrogens is 374 g/mol. The number of fused-ring (bicyclic) bond motifs is 2. The quantitative estimate of drug-likeness (QED) is 0.576. The summed E-state index contributed by atoms with van der Waals surface area (Å²) in [5.41, 5.74) is 6.71. The molecule has 8 heteroatoms. The molecule has 2 amide bonds. The summed E-state index contributed by atoms with van der Waals surface area (Å²) in [5, 5.41) is 8.74. The zero-order valence-electron chi connectivity index (χ0n) is 15.9. The summed E-state index contributed by atoms with van der Waals surface area (Å²) in [6.07, 6.45) is 7.22. The third-order valence-electron chi connectivity index (χ3n) is 5.90. The number of nitrogens with zero attached hydrogens (tertiary/aromatic N) is 3. The van der Waals surface area contributed by atoms with Gasteiger partial charge in [-0.1, -0.05) is 30.3 Å². The summed E-state index contributed by atoms with van der Waals surface area (Å²) >= 11 is 1.59. The zero-order chi connectivity index (χ0) is 19.5. The van der Waals surface area contributed by atoms with Crippen LogP contribution in [0.2, 0.25) is 0 Å². The van der Waals surface area contributed by atoms with Gasteiger partial charge in [0, 0.05) is 24.8 Å². The van der Waals surface area contributed by atoms with Crippen LogP contribution in [0.3, 0.4) is 0 Å². The highest BCUT2D eigenvalue weighted by atomic mass is 32.2. The van der Waals surface area contributed by atoms with Crippen LogP contribution in [-0.4, -0.2) is 26.6 Å². The van der Waals surface area contributed by atoms with E-state index in [-0.39, 0.29) is 11.8 Å². The summed E-state index contributed by atoms with van der Waals surface area (Å²) in [6, 6.07) is 7.36. The number of hydrogen-bond acceptors (Lipinski definition) is 5. The van der Waals surface area contributed by atoms with Crippen molar-refractivity contribution in [1.82, 2.24) is 25.6 Å². The lowest BCUT2D eigenvalue weighted by Crippen LogP contribution is -2.42. The van der Waals surface area contributed by atoms with Crippen molar-refractivity contribution in [3.05, 3.63) is 41.7 Å². The van der Waals surface area contributed by atoms with Crippen LogP contribution in [0.5, 0.6) is 0 Å². The predicted octanol–water partition coefficient (Wildman–Crippen LogP) is 2.69. The van der Waals surface area contributed by atoms with Crippen LogP contribution < -0.4 is 10.9 Å². The normalized spacial score (nSPS) is 23.0. The van der Waals surface area contributed by atoms with Crippen molar-refractivity contribution in [3.63, 3.8) is 0 Å². The molecule has 3 atom stereocenters. The lowest BCUT2D eigenvalue weighted by Gasteiger charge is -2.20. The Labute approximate surface area is 168 Å². The Hall–Kier alpha value is -2.35. The van der Waals surface area contributed by atoms with Crippen LogP contribution in [0.15, 0.2) is 35.7 Å². The SMILES string of the molecule is Cn1cnnc1SCc1ccc(C(=O)NNC(=O)CC2CC3CCC2C3)cc1. The number of nitrogens with one attached hydrogen (secondary N) is 2. The lowest BCUT2D eigenvalue weighted by molar-refractivity contribution is -0.123. The van der Waals surface area contributed by atoms with E-state index in [4.69, 9.17) is 0 Å². The Bertz CT molecular complexity index is 851.